The van der Waals surface area contributed by atoms with Gasteiger partial charge in [-0.05, 0) is 43.6 Å². The minimum Gasteiger partial charge on any atom is -0.392 e. The van der Waals surface area contributed by atoms with Gasteiger partial charge in [-0.2, -0.15) is 0 Å². The van der Waals surface area contributed by atoms with Crippen molar-refractivity contribution in [1.82, 2.24) is 0 Å². The van der Waals surface area contributed by atoms with Crippen LogP contribution in [-0.2, 0) is 0 Å². The second kappa shape index (κ2) is 7.83. The largest absolute Gasteiger partial charge is 0.392 e. The summed E-state index contributed by atoms with van der Waals surface area (Å²) in [6.07, 6.45) is 7.72. The van der Waals surface area contributed by atoms with E-state index in [4.69, 9.17) is 0 Å². The number of rotatable bonds is 5. The Labute approximate surface area is 182 Å². The average Bonchev–Trinajstić information content (AvgIpc) is 3.41. The van der Waals surface area contributed by atoms with E-state index >= 15 is 0 Å². The van der Waals surface area contributed by atoms with Gasteiger partial charge in [-0.15, -0.1) is 53.6 Å². The normalized spacial score (nSPS) is 36.8. The number of aliphatic hydroxyl groups is 1. The summed E-state index contributed by atoms with van der Waals surface area (Å²) in [5, 5.41) is 11.8. The molecule has 0 unspecified atom stereocenters. The third-order valence-electron chi connectivity index (χ3n) is 7.64. The standard InChI is InChI=1S/C22H34OS4/c1-5-20(3,19-24-10-11-25-19)14-17(23)21(4)15(2)6-7-16-8-9-22(18(16)21)26-12-13-27-22/h5,15,17,19,23H,1,6-14H2,2-4H3/t15-,17+,20+,21+/m0/s1. The van der Waals surface area contributed by atoms with Crippen LogP contribution in [0, 0.1) is 16.7 Å². The van der Waals surface area contributed by atoms with Crippen molar-refractivity contribution in [2.45, 2.75) is 67.6 Å². The summed E-state index contributed by atoms with van der Waals surface area (Å²) in [6.45, 7) is 11.3. The van der Waals surface area contributed by atoms with E-state index in [1.54, 1.807) is 11.1 Å². The molecule has 152 valence electrons. The second-order valence-corrected chi connectivity index (χ2v) is 14.9. The fourth-order valence-electron chi connectivity index (χ4n) is 5.70. The highest BCUT2D eigenvalue weighted by atomic mass is 32.2. The molecule has 27 heavy (non-hydrogen) atoms. The first kappa shape index (κ1) is 21.1. The molecule has 0 amide bonds. The van der Waals surface area contributed by atoms with Gasteiger partial charge in [0, 0.05) is 33.8 Å². The van der Waals surface area contributed by atoms with Crippen molar-refractivity contribution in [3.8, 4) is 0 Å². The van der Waals surface area contributed by atoms with Crippen molar-refractivity contribution in [2.75, 3.05) is 23.0 Å². The minimum atomic E-state index is -0.292. The van der Waals surface area contributed by atoms with E-state index in [-0.39, 0.29) is 21.0 Å². The highest BCUT2D eigenvalue weighted by Crippen LogP contribution is 2.67. The molecule has 4 aliphatic rings. The van der Waals surface area contributed by atoms with Crippen molar-refractivity contribution >= 4 is 47.0 Å². The number of allylic oxidation sites excluding steroid dienone is 2. The lowest BCUT2D eigenvalue weighted by Gasteiger charge is -2.51. The van der Waals surface area contributed by atoms with Crippen LogP contribution in [0.25, 0.3) is 0 Å². The molecule has 0 aromatic carbocycles. The summed E-state index contributed by atoms with van der Waals surface area (Å²) in [4.78, 5) is 0. The Balaban J connectivity index is 1.66. The van der Waals surface area contributed by atoms with Crippen LogP contribution in [0.1, 0.15) is 52.9 Å². The Bertz CT molecular complexity index is 620. The van der Waals surface area contributed by atoms with Crippen LogP contribution in [-0.4, -0.2) is 42.9 Å². The van der Waals surface area contributed by atoms with Crippen LogP contribution in [0.3, 0.4) is 0 Å². The molecule has 4 atom stereocenters. The third-order valence-corrected chi connectivity index (χ3v) is 14.8. The predicted octanol–water partition coefficient (Wildman–Crippen LogP) is 6.44. The van der Waals surface area contributed by atoms with Crippen LogP contribution in [0.5, 0.6) is 0 Å². The molecule has 1 N–H and O–H groups in total. The summed E-state index contributed by atoms with van der Waals surface area (Å²) in [6, 6.07) is 0. The number of hydrogen-bond acceptors (Lipinski definition) is 5. The first-order valence-electron chi connectivity index (χ1n) is 10.4. The molecule has 0 aromatic rings. The SMILES string of the molecule is C=C[C@](C)(C[C@@H](O)[C@]1(C)C2=C(CC[C@@H]1C)CCC21SCCS1)C1SCCS1. The fourth-order valence-corrected chi connectivity index (χ4v) is 12.7. The van der Waals surface area contributed by atoms with Gasteiger partial charge in [-0.3, -0.25) is 0 Å². The summed E-state index contributed by atoms with van der Waals surface area (Å²) in [5.41, 5.74) is 3.26. The monoisotopic (exact) mass is 442 g/mol. The van der Waals surface area contributed by atoms with Gasteiger partial charge in [0.2, 0.25) is 0 Å². The average molecular weight is 443 g/mol. The summed E-state index contributed by atoms with van der Waals surface area (Å²) in [7, 11) is 0. The Kier molecular flexibility index (Phi) is 6.12. The molecule has 2 saturated heterocycles. The van der Waals surface area contributed by atoms with Gasteiger partial charge in [-0.25, -0.2) is 0 Å². The maximum Gasteiger partial charge on any atom is 0.0833 e. The molecule has 0 aromatic heterocycles. The lowest BCUT2D eigenvalue weighted by molar-refractivity contribution is -0.00664. The number of aliphatic hydroxyl groups excluding tert-OH is 1. The minimum absolute atomic E-state index is 0.00607. The van der Waals surface area contributed by atoms with E-state index in [0.717, 1.165) is 6.42 Å². The highest BCUT2D eigenvalue weighted by Gasteiger charge is 2.57. The molecule has 5 heteroatoms. The van der Waals surface area contributed by atoms with Crippen molar-refractivity contribution < 1.29 is 5.11 Å². The summed E-state index contributed by atoms with van der Waals surface area (Å²) >= 11 is 8.47. The molecule has 1 nitrogen and oxygen atoms in total. The van der Waals surface area contributed by atoms with E-state index in [2.05, 4.69) is 80.5 Å². The zero-order valence-electron chi connectivity index (χ0n) is 17.0. The molecule has 0 radical (unpaired) electrons. The molecule has 2 heterocycles. The first-order chi connectivity index (χ1) is 12.9. The quantitative estimate of drug-likeness (QED) is 0.493. The van der Waals surface area contributed by atoms with Gasteiger partial charge in [0.25, 0.3) is 0 Å². The zero-order valence-corrected chi connectivity index (χ0v) is 20.2. The van der Waals surface area contributed by atoms with E-state index in [1.807, 2.05) is 0 Å². The van der Waals surface area contributed by atoms with E-state index in [9.17, 15) is 5.11 Å². The van der Waals surface area contributed by atoms with Crippen LogP contribution < -0.4 is 0 Å². The van der Waals surface area contributed by atoms with E-state index in [0.29, 0.717) is 10.5 Å². The third kappa shape index (κ3) is 3.40. The van der Waals surface area contributed by atoms with Crippen LogP contribution in [0.2, 0.25) is 0 Å². The predicted molar refractivity (Wildman–Crippen MR) is 128 cm³/mol. The Hall–Kier alpha value is 0.840. The molecule has 0 bridgehead atoms. The lowest BCUT2D eigenvalue weighted by atomic mass is 9.60. The van der Waals surface area contributed by atoms with Crippen molar-refractivity contribution in [1.29, 1.82) is 0 Å². The number of fused-ring (bicyclic) bond motifs is 1. The second-order valence-electron chi connectivity index (χ2n) is 9.15. The highest BCUT2D eigenvalue weighted by molar-refractivity contribution is 8.21. The number of thioether (sulfide) groups is 4. The van der Waals surface area contributed by atoms with E-state index in [1.165, 1.54) is 48.7 Å². The van der Waals surface area contributed by atoms with Crippen molar-refractivity contribution in [2.24, 2.45) is 16.7 Å². The molecule has 4 rings (SSSR count). The van der Waals surface area contributed by atoms with Crippen molar-refractivity contribution in [3.05, 3.63) is 23.8 Å². The summed E-state index contributed by atoms with van der Waals surface area (Å²) in [5.74, 6) is 5.53. The topological polar surface area (TPSA) is 20.2 Å². The molecule has 2 aliphatic heterocycles. The fraction of sp³-hybridized carbons (Fsp3) is 0.818. The lowest BCUT2D eigenvalue weighted by Crippen LogP contribution is -2.48. The molecule has 2 aliphatic carbocycles. The van der Waals surface area contributed by atoms with Gasteiger partial charge in [0.1, 0.15) is 0 Å². The Morgan fingerprint density at radius 2 is 1.89 bits per heavy atom. The maximum atomic E-state index is 11.8. The Morgan fingerprint density at radius 1 is 1.22 bits per heavy atom. The van der Waals surface area contributed by atoms with E-state index < -0.39 is 0 Å². The van der Waals surface area contributed by atoms with Gasteiger partial charge in [0.05, 0.1) is 14.8 Å². The Morgan fingerprint density at radius 3 is 2.52 bits per heavy atom. The molecule has 0 saturated carbocycles. The van der Waals surface area contributed by atoms with Crippen molar-refractivity contribution in [3.63, 3.8) is 0 Å². The smallest absolute Gasteiger partial charge is 0.0833 e. The first-order valence-corrected chi connectivity index (χ1v) is 14.5. The molecule has 2 fully saturated rings. The van der Waals surface area contributed by atoms with Crippen LogP contribution in [0.4, 0.5) is 0 Å². The van der Waals surface area contributed by atoms with Gasteiger partial charge < -0.3 is 5.11 Å². The maximum absolute atomic E-state index is 11.8. The molecule has 1 spiro atoms. The van der Waals surface area contributed by atoms with Gasteiger partial charge >= 0.3 is 0 Å². The van der Waals surface area contributed by atoms with Gasteiger partial charge in [0.15, 0.2) is 0 Å². The molecular formula is C22H34OS4. The molecular weight excluding hydrogens is 409 g/mol. The van der Waals surface area contributed by atoms with Crippen LogP contribution in [0.15, 0.2) is 23.8 Å². The van der Waals surface area contributed by atoms with Gasteiger partial charge in [-0.1, -0.05) is 32.4 Å². The van der Waals surface area contributed by atoms with Crippen LogP contribution >= 0.6 is 47.0 Å². The number of hydrogen-bond donors (Lipinski definition) is 1. The summed E-state index contributed by atoms with van der Waals surface area (Å²) < 4.78 is 0.801. The zero-order chi connectivity index (χ0) is 19.3.